The van der Waals surface area contributed by atoms with Crippen LogP contribution in [0.1, 0.15) is 16.7 Å². The van der Waals surface area contributed by atoms with Crippen LogP contribution in [0.5, 0.6) is 0 Å². The maximum Gasteiger partial charge on any atom is 0.101 e. The standard InChI is InChI=1S/C15H13BrN2O/c16-14-6-5-13(8-17)15(7-14)18-9-11-1-3-12(10-19)4-2-11/h1-7,18-19H,9-10H2. The molecule has 0 saturated heterocycles. The van der Waals surface area contributed by atoms with Gasteiger partial charge in [0.05, 0.1) is 17.9 Å². The minimum Gasteiger partial charge on any atom is -0.392 e. The van der Waals surface area contributed by atoms with Crippen molar-refractivity contribution in [3.05, 3.63) is 63.6 Å². The predicted octanol–water partition coefficient (Wildman–Crippen LogP) is 3.43. The Morgan fingerprint density at radius 2 is 1.79 bits per heavy atom. The van der Waals surface area contributed by atoms with Crippen molar-refractivity contribution in [1.82, 2.24) is 0 Å². The molecular formula is C15H13BrN2O. The Kier molecular flexibility index (Phi) is 4.56. The number of nitrogens with zero attached hydrogens (tertiary/aromatic N) is 1. The highest BCUT2D eigenvalue weighted by atomic mass is 79.9. The molecule has 4 heteroatoms. The second kappa shape index (κ2) is 6.37. The first-order valence-corrected chi connectivity index (χ1v) is 6.64. The van der Waals surface area contributed by atoms with Crippen molar-refractivity contribution in [2.75, 3.05) is 5.32 Å². The Labute approximate surface area is 120 Å². The molecular weight excluding hydrogens is 304 g/mol. The molecule has 0 unspecified atom stereocenters. The number of nitrogens with one attached hydrogen (secondary N) is 1. The van der Waals surface area contributed by atoms with Crippen LogP contribution in [-0.2, 0) is 13.2 Å². The van der Waals surface area contributed by atoms with Crippen LogP contribution in [-0.4, -0.2) is 5.11 Å². The number of rotatable bonds is 4. The molecule has 0 aromatic heterocycles. The first-order valence-electron chi connectivity index (χ1n) is 5.85. The Hall–Kier alpha value is -1.83. The highest BCUT2D eigenvalue weighted by Crippen LogP contribution is 2.21. The molecule has 0 aliphatic heterocycles. The average Bonchev–Trinajstić information content (AvgIpc) is 2.46. The summed E-state index contributed by atoms with van der Waals surface area (Å²) in [5.74, 6) is 0. The maximum absolute atomic E-state index is 9.04. The molecule has 0 radical (unpaired) electrons. The molecule has 0 aliphatic carbocycles. The van der Waals surface area contributed by atoms with E-state index in [9.17, 15) is 0 Å². The molecule has 2 aromatic carbocycles. The van der Waals surface area contributed by atoms with Crippen molar-refractivity contribution >= 4 is 21.6 Å². The summed E-state index contributed by atoms with van der Waals surface area (Å²) in [7, 11) is 0. The molecule has 3 nitrogen and oxygen atoms in total. The SMILES string of the molecule is N#Cc1ccc(Br)cc1NCc1ccc(CO)cc1. The number of anilines is 1. The number of aliphatic hydroxyl groups is 1. The van der Waals surface area contributed by atoms with E-state index in [0.29, 0.717) is 12.1 Å². The van der Waals surface area contributed by atoms with Gasteiger partial charge in [0, 0.05) is 11.0 Å². The third kappa shape index (κ3) is 3.57. The number of nitriles is 1. The number of halogens is 1. The quantitative estimate of drug-likeness (QED) is 0.908. The van der Waals surface area contributed by atoms with Gasteiger partial charge in [0.25, 0.3) is 0 Å². The fraction of sp³-hybridized carbons (Fsp3) is 0.133. The highest BCUT2D eigenvalue weighted by molar-refractivity contribution is 9.10. The third-order valence-corrected chi connectivity index (χ3v) is 3.28. The van der Waals surface area contributed by atoms with E-state index in [4.69, 9.17) is 10.4 Å². The van der Waals surface area contributed by atoms with Gasteiger partial charge in [-0.1, -0.05) is 40.2 Å². The van der Waals surface area contributed by atoms with Crippen LogP contribution in [0.15, 0.2) is 46.9 Å². The van der Waals surface area contributed by atoms with Gasteiger partial charge >= 0.3 is 0 Å². The molecule has 0 saturated carbocycles. The first kappa shape index (κ1) is 13.6. The summed E-state index contributed by atoms with van der Waals surface area (Å²) in [6, 6.07) is 15.4. The Balaban J connectivity index is 2.09. The molecule has 0 amide bonds. The molecule has 0 atom stereocenters. The van der Waals surface area contributed by atoms with Crippen LogP contribution in [0, 0.1) is 11.3 Å². The number of hydrogen-bond acceptors (Lipinski definition) is 3. The van der Waals surface area contributed by atoms with E-state index in [2.05, 4.69) is 27.3 Å². The second-order valence-electron chi connectivity index (χ2n) is 4.13. The molecule has 0 bridgehead atoms. The number of aliphatic hydroxyl groups excluding tert-OH is 1. The first-order chi connectivity index (χ1) is 9.22. The number of hydrogen-bond donors (Lipinski definition) is 2. The monoisotopic (exact) mass is 316 g/mol. The molecule has 19 heavy (non-hydrogen) atoms. The molecule has 0 heterocycles. The van der Waals surface area contributed by atoms with Crippen molar-refractivity contribution in [3.8, 4) is 6.07 Å². The van der Waals surface area contributed by atoms with Crippen LogP contribution in [0.3, 0.4) is 0 Å². The van der Waals surface area contributed by atoms with Crippen LogP contribution < -0.4 is 5.32 Å². The van der Waals surface area contributed by atoms with Crippen molar-refractivity contribution < 1.29 is 5.11 Å². The summed E-state index contributed by atoms with van der Waals surface area (Å²) in [5, 5.41) is 21.3. The zero-order valence-corrected chi connectivity index (χ0v) is 11.8. The van der Waals surface area contributed by atoms with E-state index >= 15 is 0 Å². The van der Waals surface area contributed by atoms with Gasteiger partial charge in [0.2, 0.25) is 0 Å². The van der Waals surface area contributed by atoms with Gasteiger partial charge < -0.3 is 10.4 Å². The van der Waals surface area contributed by atoms with Gasteiger partial charge in [-0.2, -0.15) is 5.26 Å². The van der Waals surface area contributed by atoms with E-state index in [1.54, 1.807) is 6.07 Å². The van der Waals surface area contributed by atoms with E-state index in [1.165, 1.54) is 0 Å². The fourth-order valence-electron chi connectivity index (χ4n) is 1.72. The van der Waals surface area contributed by atoms with Crippen molar-refractivity contribution in [3.63, 3.8) is 0 Å². The average molecular weight is 317 g/mol. The molecule has 0 spiro atoms. The largest absolute Gasteiger partial charge is 0.392 e. The lowest BCUT2D eigenvalue weighted by atomic mass is 10.1. The van der Waals surface area contributed by atoms with Gasteiger partial charge in [0.15, 0.2) is 0 Å². The van der Waals surface area contributed by atoms with Crippen LogP contribution in [0.4, 0.5) is 5.69 Å². The minimum absolute atomic E-state index is 0.0535. The van der Waals surface area contributed by atoms with Gasteiger partial charge in [-0.05, 0) is 29.3 Å². The number of benzene rings is 2. The molecule has 96 valence electrons. The third-order valence-electron chi connectivity index (χ3n) is 2.79. The lowest BCUT2D eigenvalue weighted by Gasteiger charge is -2.09. The van der Waals surface area contributed by atoms with Crippen LogP contribution >= 0.6 is 15.9 Å². The zero-order valence-electron chi connectivity index (χ0n) is 10.2. The molecule has 2 N–H and O–H groups in total. The lowest BCUT2D eigenvalue weighted by molar-refractivity contribution is 0.282. The van der Waals surface area contributed by atoms with E-state index in [1.807, 2.05) is 36.4 Å². The second-order valence-corrected chi connectivity index (χ2v) is 5.05. The van der Waals surface area contributed by atoms with Crippen molar-refractivity contribution in [1.29, 1.82) is 5.26 Å². The summed E-state index contributed by atoms with van der Waals surface area (Å²) in [5.41, 5.74) is 3.42. The topological polar surface area (TPSA) is 56.0 Å². The summed E-state index contributed by atoms with van der Waals surface area (Å²) in [6.45, 7) is 0.689. The summed E-state index contributed by atoms with van der Waals surface area (Å²) in [6.07, 6.45) is 0. The molecule has 2 aromatic rings. The van der Waals surface area contributed by atoms with Gasteiger partial charge in [-0.25, -0.2) is 0 Å². The van der Waals surface area contributed by atoms with Crippen molar-refractivity contribution in [2.45, 2.75) is 13.2 Å². The van der Waals surface area contributed by atoms with E-state index in [0.717, 1.165) is 21.3 Å². The summed E-state index contributed by atoms with van der Waals surface area (Å²) >= 11 is 3.39. The van der Waals surface area contributed by atoms with E-state index < -0.39 is 0 Å². The molecule has 0 fully saturated rings. The van der Waals surface area contributed by atoms with Crippen molar-refractivity contribution in [2.24, 2.45) is 0 Å². The Bertz CT molecular complexity index is 603. The Morgan fingerprint density at radius 1 is 1.11 bits per heavy atom. The smallest absolute Gasteiger partial charge is 0.101 e. The van der Waals surface area contributed by atoms with E-state index in [-0.39, 0.29) is 6.61 Å². The fourth-order valence-corrected chi connectivity index (χ4v) is 2.08. The summed E-state index contributed by atoms with van der Waals surface area (Å²) < 4.78 is 0.935. The minimum atomic E-state index is 0.0535. The molecule has 2 rings (SSSR count). The summed E-state index contributed by atoms with van der Waals surface area (Å²) in [4.78, 5) is 0. The predicted molar refractivity (Wildman–Crippen MR) is 78.5 cm³/mol. The van der Waals surface area contributed by atoms with Gasteiger partial charge in [-0.3, -0.25) is 0 Å². The van der Waals surface area contributed by atoms with Crippen LogP contribution in [0.25, 0.3) is 0 Å². The maximum atomic E-state index is 9.04. The Morgan fingerprint density at radius 3 is 2.42 bits per heavy atom. The van der Waals surface area contributed by atoms with Crippen LogP contribution in [0.2, 0.25) is 0 Å². The lowest BCUT2D eigenvalue weighted by Crippen LogP contribution is -2.01. The highest BCUT2D eigenvalue weighted by Gasteiger charge is 2.02. The normalized spacial score (nSPS) is 9.95. The zero-order chi connectivity index (χ0) is 13.7. The van der Waals surface area contributed by atoms with Gasteiger partial charge in [-0.15, -0.1) is 0 Å². The molecule has 0 aliphatic rings. The van der Waals surface area contributed by atoms with Gasteiger partial charge in [0.1, 0.15) is 6.07 Å².